The van der Waals surface area contributed by atoms with Crippen molar-refractivity contribution in [3.05, 3.63) is 55.9 Å². The minimum atomic E-state index is -0.475. The summed E-state index contributed by atoms with van der Waals surface area (Å²) in [5.41, 5.74) is 2.27. The van der Waals surface area contributed by atoms with Crippen molar-refractivity contribution in [1.82, 2.24) is 5.32 Å². The van der Waals surface area contributed by atoms with Gasteiger partial charge in [-0.05, 0) is 43.2 Å². The average molecular weight is 432 g/mol. The topological polar surface area (TPSA) is 111 Å². The Hall–Kier alpha value is -2.78. The lowest BCUT2D eigenvalue weighted by Crippen LogP contribution is -2.27. The van der Waals surface area contributed by atoms with Crippen LogP contribution in [0.5, 0.6) is 0 Å². The summed E-state index contributed by atoms with van der Waals surface area (Å²) in [6.45, 7) is 1.08. The van der Waals surface area contributed by atoms with Crippen LogP contribution >= 0.6 is 11.3 Å². The Labute approximate surface area is 178 Å². The summed E-state index contributed by atoms with van der Waals surface area (Å²) in [4.78, 5) is 36.9. The summed E-state index contributed by atoms with van der Waals surface area (Å²) in [5.74, 6) is -0.424. The second kappa shape index (κ2) is 10.3. The molecule has 1 aromatic heterocycles. The number of amides is 2. The van der Waals surface area contributed by atoms with E-state index < -0.39 is 4.92 Å². The smallest absolute Gasteiger partial charge is 0.269 e. The van der Waals surface area contributed by atoms with Crippen LogP contribution in [0.4, 0.5) is 10.7 Å². The van der Waals surface area contributed by atoms with Gasteiger partial charge in [-0.1, -0.05) is 12.1 Å². The molecule has 1 aliphatic carbocycles. The van der Waals surface area contributed by atoms with Crippen LogP contribution in [0.25, 0.3) is 0 Å². The number of thiophene rings is 1. The number of carbonyl (C=O) groups is 2. The summed E-state index contributed by atoms with van der Waals surface area (Å²) in [6.07, 6.45) is 4.67. The summed E-state index contributed by atoms with van der Waals surface area (Å²) >= 11 is 1.47. The van der Waals surface area contributed by atoms with E-state index in [0.29, 0.717) is 29.3 Å². The van der Waals surface area contributed by atoms with Crippen molar-refractivity contribution in [3.8, 4) is 0 Å². The Morgan fingerprint density at radius 3 is 2.63 bits per heavy atom. The molecule has 0 atom stereocenters. The largest absolute Gasteiger partial charge is 0.385 e. The molecular weight excluding hydrogens is 406 g/mol. The fourth-order valence-electron chi connectivity index (χ4n) is 3.49. The zero-order valence-corrected chi connectivity index (χ0v) is 17.7. The first-order valence-electron chi connectivity index (χ1n) is 9.94. The number of nitrogens with one attached hydrogen (secondary N) is 2. The third-order valence-electron chi connectivity index (χ3n) is 4.97. The number of hydrogen-bond acceptors (Lipinski definition) is 6. The highest BCUT2D eigenvalue weighted by Gasteiger charge is 2.26. The Balaban J connectivity index is 1.72. The molecule has 1 heterocycles. The van der Waals surface area contributed by atoms with Crippen molar-refractivity contribution >= 4 is 33.8 Å². The molecule has 160 valence electrons. The number of ether oxygens (including phenoxy) is 1. The molecule has 1 aromatic carbocycles. The maximum absolute atomic E-state index is 12.8. The zero-order chi connectivity index (χ0) is 21.5. The lowest BCUT2D eigenvalue weighted by Gasteiger charge is -2.13. The van der Waals surface area contributed by atoms with Crippen LogP contribution in [-0.4, -0.2) is 37.0 Å². The maximum Gasteiger partial charge on any atom is 0.269 e. The third kappa shape index (κ3) is 5.43. The summed E-state index contributed by atoms with van der Waals surface area (Å²) in [6, 6.07) is 5.90. The molecular formula is C21H25N3O5S. The second-order valence-corrected chi connectivity index (χ2v) is 8.27. The third-order valence-corrected chi connectivity index (χ3v) is 6.18. The van der Waals surface area contributed by atoms with Crippen molar-refractivity contribution in [2.24, 2.45) is 0 Å². The molecule has 0 saturated heterocycles. The quantitative estimate of drug-likeness (QED) is 0.359. The number of methoxy groups -OCH3 is 1. The standard InChI is InChI=1S/C21H25N3O5S/c1-29-12-4-11-22-20(26)19-16-5-2-3-6-17(16)30-21(19)23-18(25)13-14-7-9-15(10-8-14)24(27)28/h7-10H,2-6,11-13H2,1H3,(H,22,26)(H,23,25). The molecule has 8 nitrogen and oxygen atoms in total. The van der Waals surface area contributed by atoms with Crippen molar-refractivity contribution < 1.29 is 19.2 Å². The summed E-state index contributed by atoms with van der Waals surface area (Å²) in [7, 11) is 1.62. The number of aryl methyl sites for hydroxylation is 1. The van der Waals surface area contributed by atoms with Gasteiger partial charge in [-0.3, -0.25) is 19.7 Å². The minimum Gasteiger partial charge on any atom is -0.385 e. The van der Waals surface area contributed by atoms with Crippen LogP contribution in [0.15, 0.2) is 24.3 Å². The van der Waals surface area contributed by atoms with E-state index in [9.17, 15) is 19.7 Å². The number of anilines is 1. The van der Waals surface area contributed by atoms with Gasteiger partial charge in [0.05, 0.1) is 16.9 Å². The molecule has 30 heavy (non-hydrogen) atoms. The minimum absolute atomic E-state index is 0.0162. The zero-order valence-electron chi connectivity index (χ0n) is 16.9. The Morgan fingerprint density at radius 1 is 1.20 bits per heavy atom. The van der Waals surface area contributed by atoms with E-state index in [1.54, 1.807) is 19.2 Å². The van der Waals surface area contributed by atoms with Gasteiger partial charge in [-0.25, -0.2) is 0 Å². The lowest BCUT2D eigenvalue weighted by molar-refractivity contribution is -0.384. The Bertz CT molecular complexity index is 923. The number of nitro benzene ring substituents is 1. The molecule has 0 spiro atoms. The first kappa shape index (κ1) is 21.9. The fraction of sp³-hybridized carbons (Fsp3) is 0.429. The normalized spacial score (nSPS) is 12.8. The van der Waals surface area contributed by atoms with Crippen LogP contribution in [0, 0.1) is 10.1 Å². The fourth-order valence-corrected chi connectivity index (χ4v) is 4.80. The number of rotatable bonds is 9. The van der Waals surface area contributed by atoms with Crippen molar-refractivity contribution in [2.45, 2.75) is 38.5 Å². The van der Waals surface area contributed by atoms with Gasteiger partial charge in [0, 0.05) is 37.3 Å². The van der Waals surface area contributed by atoms with E-state index in [4.69, 9.17) is 4.74 Å². The van der Waals surface area contributed by atoms with Crippen LogP contribution in [0.3, 0.4) is 0 Å². The Kier molecular flexibility index (Phi) is 7.53. The number of non-ortho nitro benzene ring substituents is 1. The predicted molar refractivity (Wildman–Crippen MR) is 115 cm³/mol. The van der Waals surface area contributed by atoms with Crippen LogP contribution in [0.2, 0.25) is 0 Å². The molecule has 0 fully saturated rings. The van der Waals surface area contributed by atoms with Gasteiger partial charge in [0.2, 0.25) is 5.91 Å². The lowest BCUT2D eigenvalue weighted by atomic mass is 9.95. The predicted octanol–water partition coefficient (Wildman–Crippen LogP) is 3.48. The van der Waals surface area contributed by atoms with E-state index in [1.165, 1.54) is 23.5 Å². The number of nitrogens with zero attached hydrogens (tertiary/aromatic N) is 1. The van der Waals surface area contributed by atoms with Gasteiger partial charge in [-0.15, -0.1) is 11.3 Å². The van der Waals surface area contributed by atoms with Gasteiger partial charge in [-0.2, -0.15) is 0 Å². The van der Waals surface area contributed by atoms with E-state index in [-0.39, 0.29) is 23.9 Å². The van der Waals surface area contributed by atoms with E-state index in [0.717, 1.165) is 42.5 Å². The van der Waals surface area contributed by atoms with Gasteiger partial charge in [0.1, 0.15) is 5.00 Å². The van der Waals surface area contributed by atoms with Crippen LogP contribution in [0.1, 0.15) is 45.6 Å². The van der Waals surface area contributed by atoms with Crippen molar-refractivity contribution in [3.63, 3.8) is 0 Å². The highest BCUT2D eigenvalue weighted by Crippen LogP contribution is 2.38. The summed E-state index contributed by atoms with van der Waals surface area (Å²) in [5, 5.41) is 17.2. The highest BCUT2D eigenvalue weighted by atomic mass is 32.1. The molecule has 2 amide bonds. The van der Waals surface area contributed by atoms with E-state index in [1.807, 2.05) is 0 Å². The molecule has 0 radical (unpaired) electrons. The molecule has 0 bridgehead atoms. The first-order valence-corrected chi connectivity index (χ1v) is 10.8. The average Bonchev–Trinajstić information content (AvgIpc) is 3.09. The van der Waals surface area contributed by atoms with Crippen molar-refractivity contribution in [2.75, 3.05) is 25.6 Å². The molecule has 3 rings (SSSR count). The van der Waals surface area contributed by atoms with E-state index in [2.05, 4.69) is 10.6 Å². The van der Waals surface area contributed by atoms with Gasteiger partial charge >= 0.3 is 0 Å². The molecule has 0 saturated carbocycles. The molecule has 0 aliphatic heterocycles. The van der Waals surface area contributed by atoms with Gasteiger partial charge < -0.3 is 15.4 Å². The molecule has 9 heteroatoms. The number of carbonyl (C=O) groups excluding carboxylic acids is 2. The SMILES string of the molecule is COCCCNC(=O)c1c(NC(=O)Cc2ccc([N+](=O)[O-])cc2)sc2c1CCCC2. The van der Waals surface area contributed by atoms with Crippen molar-refractivity contribution in [1.29, 1.82) is 0 Å². The number of hydrogen-bond donors (Lipinski definition) is 2. The maximum atomic E-state index is 12.8. The highest BCUT2D eigenvalue weighted by molar-refractivity contribution is 7.17. The van der Waals surface area contributed by atoms with Crippen LogP contribution in [-0.2, 0) is 28.8 Å². The molecule has 2 N–H and O–H groups in total. The first-order chi connectivity index (χ1) is 14.5. The monoisotopic (exact) mass is 431 g/mol. The molecule has 0 unspecified atom stereocenters. The van der Waals surface area contributed by atoms with Gasteiger partial charge in [0.25, 0.3) is 11.6 Å². The summed E-state index contributed by atoms with van der Waals surface area (Å²) < 4.78 is 5.01. The number of fused-ring (bicyclic) bond motifs is 1. The van der Waals surface area contributed by atoms with Crippen LogP contribution < -0.4 is 10.6 Å². The van der Waals surface area contributed by atoms with E-state index >= 15 is 0 Å². The number of benzene rings is 1. The number of nitro groups is 1. The Morgan fingerprint density at radius 2 is 1.93 bits per heavy atom. The second-order valence-electron chi connectivity index (χ2n) is 7.17. The molecule has 1 aliphatic rings. The molecule has 2 aromatic rings. The van der Waals surface area contributed by atoms with Gasteiger partial charge in [0.15, 0.2) is 0 Å².